The highest BCUT2D eigenvalue weighted by molar-refractivity contribution is 7.85. The first-order valence-electron chi connectivity index (χ1n) is 12.1. The molecule has 5 aromatic rings. The number of anilines is 2. The van der Waals surface area contributed by atoms with Crippen LogP contribution in [-0.2, 0) is 19.6 Å². The molecule has 2 amide bonds. The summed E-state index contributed by atoms with van der Waals surface area (Å²) >= 11 is 0. The fraction of sp³-hybridized carbons (Fsp3) is 0.160. The van der Waals surface area contributed by atoms with Crippen molar-refractivity contribution in [3.63, 3.8) is 0 Å². The summed E-state index contributed by atoms with van der Waals surface area (Å²) in [5, 5.41) is 19.4. The van der Waals surface area contributed by atoms with Gasteiger partial charge in [0, 0.05) is 22.7 Å². The Labute approximate surface area is 236 Å². The molecular weight excluding hydrogens is 577 g/mol. The van der Waals surface area contributed by atoms with Crippen LogP contribution in [0.2, 0.25) is 0 Å². The third-order valence-corrected chi connectivity index (χ3v) is 6.23. The quantitative estimate of drug-likeness (QED) is 0.130. The summed E-state index contributed by atoms with van der Waals surface area (Å²) in [5.74, 6) is -1.70. The average molecular weight is 601 g/mol. The predicted molar refractivity (Wildman–Crippen MR) is 145 cm³/mol. The third-order valence-electron chi connectivity index (χ3n) is 6.23. The number of hydrogen-bond donors (Lipinski definition) is 4. The van der Waals surface area contributed by atoms with Gasteiger partial charge in [0.2, 0.25) is 6.20 Å². The molecule has 15 nitrogen and oxygen atoms in total. The van der Waals surface area contributed by atoms with E-state index >= 15 is 4.39 Å². The van der Waals surface area contributed by atoms with Crippen LogP contribution < -0.4 is 21.1 Å². The first-order chi connectivity index (χ1) is 19.8. The number of nitrogens with zero attached hydrogens (tertiary/aromatic N) is 5. The van der Waals surface area contributed by atoms with E-state index < -0.39 is 21.8 Å². The molecule has 1 aliphatic heterocycles. The lowest BCUT2D eigenvalue weighted by Gasteiger charge is -2.25. The van der Waals surface area contributed by atoms with Crippen LogP contribution in [0.5, 0.6) is 0 Å². The minimum Gasteiger partial charge on any atom is -0.380 e. The van der Waals surface area contributed by atoms with Gasteiger partial charge in [-0.05, 0) is 36.4 Å². The van der Waals surface area contributed by atoms with Gasteiger partial charge in [0.05, 0.1) is 29.5 Å². The number of pyridine rings is 1. The molecule has 3 aromatic heterocycles. The summed E-state index contributed by atoms with van der Waals surface area (Å²) in [4.78, 5) is 25.7. The molecule has 0 radical (unpaired) electrons. The number of halogens is 1. The van der Waals surface area contributed by atoms with Crippen LogP contribution in [0.4, 0.5) is 15.9 Å². The Morgan fingerprint density at radius 3 is 2.52 bits per heavy atom. The molecule has 1 aliphatic rings. The number of benzene rings is 2. The van der Waals surface area contributed by atoms with Gasteiger partial charge in [-0.2, -0.15) is 13.5 Å². The lowest BCUT2D eigenvalue weighted by molar-refractivity contribution is -0.895. The van der Waals surface area contributed by atoms with Crippen molar-refractivity contribution in [2.75, 3.05) is 36.6 Å². The molecule has 0 atom stereocenters. The molecule has 0 aliphatic carbocycles. The zero-order valence-electron chi connectivity index (χ0n) is 21.8. The largest absolute Gasteiger partial charge is 0.380 e. The Bertz CT molecular complexity index is 1980. The maximum absolute atomic E-state index is 16.1. The van der Waals surface area contributed by atoms with E-state index in [1.54, 1.807) is 24.3 Å². The number of carbonyl (C=O) groups excluding carboxylic acids is 2. The van der Waals surface area contributed by atoms with Crippen molar-refractivity contribution >= 4 is 55.3 Å². The third kappa shape index (κ3) is 5.42. The van der Waals surface area contributed by atoms with Gasteiger partial charge in [0.25, 0.3) is 27.6 Å². The van der Waals surface area contributed by atoms with E-state index in [9.17, 15) is 23.2 Å². The van der Waals surface area contributed by atoms with E-state index in [1.807, 2.05) is 0 Å². The van der Waals surface area contributed by atoms with Gasteiger partial charge in [0.1, 0.15) is 17.8 Å². The summed E-state index contributed by atoms with van der Waals surface area (Å²) < 4.78 is 54.2. The number of fused-ring (bicyclic) bond motifs is 2. The molecule has 1 fully saturated rings. The van der Waals surface area contributed by atoms with Crippen LogP contribution in [-0.4, -0.2) is 70.9 Å². The van der Waals surface area contributed by atoms with Gasteiger partial charge in [0.15, 0.2) is 22.9 Å². The number of amides is 2. The zero-order valence-corrected chi connectivity index (χ0v) is 22.6. The summed E-state index contributed by atoms with van der Waals surface area (Å²) in [6.07, 6.45) is 2.03. The van der Waals surface area contributed by atoms with E-state index in [-0.39, 0.29) is 46.2 Å². The molecule has 6 N–H and O–H groups in total. The number of rotatable bonds is 4. The second-order valence-corrected chi connectivity index (χ2v) is 10.6. The second-order valence-electron chi connectivity index (χ2n) is 9.14. The minimum atomic E-state index is -3.67. The average Bonchev–Trinajstić information content (AvgIpc) is 3.50. The standard InChI is InChI=1S/C24H18FN7O5.CH4O3S/c25-20-14(17-5-1-13(10-31(17)35)30-7-8-36-11-19(30)33)3-4-15-21(24(27)34)28-32(22(15)20)12-2-6-18-16(9-12)23(26)29-37-18;1-5(2,3)4/h1-6,9-10H,7-8,11H2,(H4-,26,27,28,29,34,35);1H3,(H,2,3,4)/p+1. The number of nitrogens with two attached hydrogens (primary N) is 2. The van der Waals surface area contributed by atoms with Crippen LogP contribution in [0.1, 0.15) is 10.5 Å². The molecule has 0 unspecified atom stereocenters. The molecule has 4 heterocycles. The molecule has 42 heavy (non-hydrogen) atoms. The van der Waals surface area contributed by atoms with E-state index in [4.69, 9.17) is 25.3 Å². The number of carbonyl (C=O) groups is 2. The van der Waals surface area contributed by atoms with Gasteiger partial charge in [-0.15, -0.1) is 0 Å². The van der Waals surface area contributed by atoms with E-state index in [1.165, 1.54) is 34.0 Å². The summed E-state index contributed by atoms with van der Waals surface area (Å²) in [5.41, 5.74) is 12.6. The molecule has 218 valence electrons. The van der Waals surface area contributed by atoms with Crippen molar-refractivity contribution in [2.24, 2.45) is 5.73 Å². The molecule has 0 saturated carbocycles. The number of morpholine rings is 1. The normalized spacial score (nSPS) is 13.8. The fourth-order valence-corrected chi connectivity index (χ4v) is 4.45. The van der Waals surface area contributed by atoms with Crippen LogP contribution in [0.3, 0.4) is 0 Å². The first-order valence-corrected chi connectivity index (χ1v) is 13.9. The van der Waals surface area contributed by atoms with Gasteiger partial charge < -0.3 is 25.6 Å². The van der Waals surface area contributed by atoms with Gasteiger partial charge >= 0.3 is 0 Å². The SMILES string of the molecule is CS(=O)(=O)O.NC(=O)c1nn(-c2ccc3onc(N)c3c2)c2c(F)c(-c3ccc(N4CCOCC4=O)c[n+]3O)ccc12. The van der Waals surface area contributed by atoms with Gasteiger partial charge in [-0.3, -0.25) is 19.3 Å². The van der Waals surface area contributed by atoms with Crippen molar-refractivity contribution in [1.82, 2.24) is 14.9 Å². The highest BCUT2D eigenvalue weighted by atomic mass is 32.2. The highest BCUT2D eigenvalue weighted by Gasteiger charge is 2.28. The number of ether oxygens (including phenoxy) is 1. The van der Waals surface area contributed by atoms with E-state index in [0.717, 1.165) is 4.73 Å². The van der Waals surface area contributed by atoms with Crippen LogP contribution in [0.25, 0.3) is 38.8 Å². The van der Waals surface area contributed by atoms with Crippen LogP contribution >= 0.6 is 0 Å². The Balaban J connectivity index is 0.000000652. The molecule has 6 rings (SSSR count). The lowest BCUT2D eigenvalue weighted by atomic mass is 10.1. The number of nitrogen functional groups attached to an aromatic ring is 1. The predicted octanol–water partition coefficient (Wildman–Crippen LogP) is 1.05. The fourth-order valence-electron chi connectivity index (χ4n) is 4.45. The zero-order chi connectivity index (χ0) is 30.3. The van der Waals surface area contributed by atoms with Crippen molar-refractivity contribution in [3.8, 4) is 16.9 Å². The van der Waals surface area contributed by atoms with Crippen molar-refractivity contribution in [2.45, 2.75) is 0 Å². The Morgan fingerprint density at radius 2 is 1.86 bits per heavy atom. The van der Waals surface area contributed by atoms with Crippen LogP contribution in [0, 0.1) is 5.82 Å². The number of hydrogen-bond acceptors (Lipinski definition) is 10. The molecule has 17 heteroatoms. The highest BCUT2D eigenvalue weighted by Crippen LogP contribution is 2.33. The smallest absolute Gasteiger partial charge is 0.269 e. The first kappa shape index (κ1) is 28.4. The van der Waals surface area contributed by atoms with Crippen LogP contribution in [0.15, 0.2) is 53.2 Å². The topological polar surface area (TPSA) is 221 Å². The Kier molecular flexibility index (Phi) is 7.23. The Morgan fingerprint density at radius 1 is 1.14 bits per heavy atom. The van der Waals surface area contributed by atoms with E-state index in [2.05, 4.69) is 10.3 Å². The van der Waals surface area contributed by atoms with Gasteiger partial charge in [-0.25, -0.2) is 9.07 Å². The van der Waals surface area contributed by atoms with Crippen molar-refractivity contribution in [1.29, 1.82) is 0 Å². The van der Waals surface area contributed by atoms with Crippen molar-refractivity contribution < 1.29 is 46.1 Å². The maximum Gasteiger partial charge on any atom is 0.269 e. The van der Waals surface area contributed by atoms with Crippen molar-refractivity contribution in [3.05, 3.63) is 60.2 Å². The number of primary amides is 1. The molecule has 1 saturated heterocycles. The summed E-state index contributed by atoms with van der Waals surface area (Å²) in [6, 6.07) is 10.8. The summed E-state index contributed by atoms with van der Waals surface area (Å²) in [6.45, 7) is 0.633. The molecular formula is C25H23FN7O8S+. The second kappa shape index (κ2) is 10.7. The van der Waals surface area contributed by atoms with Gasteiger partial charge in [-0.1, -0.05) is 5.16 Å². The molecule has 0 bridgehead atoms. The Hall–Kier alpha value is -5.13. The molecule has 2 aromatic carbocycles. The lowest BCUT2D eigenvalue weighted by Crippen LogP contribution is -2.43. The number of aromatic nitrogens is 4. The molecule has 0 spiro atoms. The summed E-state index contributed by atoms with van der Waals surface area (Å²) in [7, 11) is -3.67. The monoisotopic (exact) mass is 600 g/mol. The minimum absolute atomic E-state index is 0.0256. The maximum atomic E-state index is 16.1. The van der Waals surface area contributed by atoms with E-state index in [0.29, 0.717) is 41.8 Å².